The highest BCUT2D eigenvalue weighted by molar-refractivity contribution is 5.91. The minimum atomic E-state index is -0.527. The summed E-state index contributed by atoms with van der Waals surface area (Å²) in [7, 11) is 0. The summed E-state index contributed by atoms with van der Waals surface area (Å²) in [5.41, 5.74) is 2.55. The van der Waals surface area contributed by atoms with Crippen LogP contribution in [-0.4, -0.2) is 24.6 Å². The van der Waals surface area contributed by atoms with Crippen LogP contribution >= 0.6 is 0 Å². The molecular formula is C20H22O4. The maximum absolute atomic E-state index is 12.4. The Morgan fingerprint density at radius 2 is 1.67 bits per heavy atom. The molecule has 0 aliphatic rings. The number of carbonyl (C=O) groups is 2. The Bertz CT molecular complexity index is 679. The zero-order chi connectivity index (χ0) is 17.4. The fourth-order valence-corrected chi connectivity index (χ4v) is 2.43. The molecule has 0 aliphatic carbocycles. The van der Waals surface area contributed by atoms with E-state index in [1.807, 2.05) is 42.5 Å². The van der Waals surface area contributed by atoms with Gasteiger partial charge in [-0.3, -0.25) is 4.79 Å². The topological polar surface area (TPSA) is 52.6 Å². The molecule has 0 aliphatic heterocycles. The molecule has 0 radical (unpaired) electrons. The van der Waals surface area contributed by atoms with Gasteiger partial charge in [-0.1, -0.05) is 48.5 Å². The molecule has 0 saturated heterocycles. The molecule has 4 heteroatoms. The monoisotopic (exact) mass is 326 g/mol. The lowest BCUT2D eigenvalue weighted by Crippen LogP contribution is -2.20. The van der Waals surface area contributed by atoms with Crippen LogP contribution < -0.4 is 0 Å². The van der Waals surface area contributed by atoms with Crippen LogP contribution in [0.15, 0.2) is 54.6 Å². The lowest BCUT2D eigenvalue weighted by molar-refractivity contribution is -0.145. The molecule has 4 nitrogen and oxygen atoms in total. The Kier molecular flexibility index (Phi) is 6.55. The minimum absolute atomic E-state index is 0.0560. The highest BCUT2D eigenvalue weighted by Crippen LogP contribution is 2.16. The van der Waals surface area contributed by atoms with E-state index in [0.29, 0.717) is 18.6 Å². The Balaban J connectivity index is 2.05. The maximum Gasteiger partial charge on any atom is 0.338 e. The molecule has 1 unspecified atom stereocenters. The van der Waals surface area contributed by atoms with E-state index in [9.17, 15) is 9.59 Å². The van der Waals surface area contributed by atoms with E-state index in [1.54, 1.807) is 26.0 Å². The third-order valence-corrected chi connectivity index (χ3v) is 3.54. The Morgan fingerprint density at radius 3 is 2.38 bits per heavy atom. The standard InChI is InChI=1S/C20H22O4/c1-3-23-19(21)13-15(2)24-20(22)18-12-8-7-11-17(18)14-16-9-5-4-6-10-16/h4-12,15H,3,13-14H2,1-2H3. The van der Waals surface area contributed by atoms with Gasteiger partial charge >= 0.3 is 11.9 Å². The molecule has 1 atom stereocenters. The van der Waals surface area contributed by atoms with Crippen LogP contribution in [-0.2, 0) is 20.7 Å². The van der Waals surface area contributed by atoms with Gasteiger partial charge in [0, 0.05) is 0 Å². The number of esters is 2. The van der Waals surface area contributed by atoms with Crippen LogP contribution in [0.2, 0.25) is 0 Å². The summed E-state index contributed by atoms with van der Waals surface area (Å²) >= 11 is 0. The van der Waals surface area contributed by atoms with Crippen LogP contribution in [0.5, 0.6) is 0 Å². The van der Waals surface area contributed by atoms with Gasteiger partial charge in [0.1, 0.15) is 6.10 Å². The second-order valence-electron chi connectivity index (χ2n) is 5.54. The van der Waals surface area contributed by atoms with Crippen LogP contribution in [0, 0.1) is 0 Å². The first-order valence-electron chi connectivity index (χ1n) is 8.08. The molecule has 0 spiro atoms. The number of rotatable bonds is 7. The van der Waals surface area contributed by atoms with Crippen molar-refractivity contribution in [3.8, 4) is 0 Å². The van der Waals surface area contributed by atoms with E-state index in [-0.39, 0.29) is 12.4 Å². The van der Waals surface area contributed by atoms with Crippen molar-refractivity contribution < 1.29 is 19.1 Å². The summed E-state index contributed by atoms with van der Waals surface area (Å²) in [6.07, 6.45) is 0.181. The van der Waals surface area contributed by atoms with E-state index in [0.717, 1.165) is 11.1 Å². The van der Waals surface area contributed by atoms with Crippen molar-refractivity contribution in [2.75, 3.05) is 6.61 Å². The predicted octanol–water partition coefficient (Wildman–Crippen LogP) is 3.78. The first kappa shape index (κ1) is 17.7. The summed E-state index contributed by atoms with van der Waals surface area (Å²) in [6, 6.07) is 17.3. The summed E-state index contributed by atoms with van der Waals surface area (Å²) in [5, 5.41) is 0. The summed E-state index contributed by atoms with van der Waals surface area (Å²) in [4.78, 5) is 23.9. The smallest absolute Gasteiger partial charge is 0.338 e. The van der Waals surface area contributed by atoms with Gasteiger partial charge in [-0.25, -0.2) is 4.79 Å². The molecule has 0 bridgehead atoms. The van der Waals surface area contributed by atoms with E-state index in [4.69, 9.17) is 9.47 Å². The normalized spacial score (nSPS) is 11.6. The Morgan fingerprint density at radius 1 is 1.00 bits per heavy atom. The fourth-order valence-electron chi connectivity index (χ4n) is 2.43. The third kappa shape index (κ3) is 5.23. The highest BCUT2D eigenvalue weighted by atomic mass is 16.6. The zero-order valence-electron chi connectivity index (χ0n) is 14.0. The average molecular weight is 326 g/mol. The van der Waals surface area contributed by atoms with E-state index in [2.05, 4.69) is 0 Å². The number of hydrogen-bond acceptors (Lipinski definition) is 4. The molecule has 24 heavy (non-hydrogen) atoms. The average Bonchev–Trinajstić information content (AvgIpc) is 2.56. The Labute approximate surface area is 142 Å². The molecule has 2 aromatic carbocycles. The number of ether oxygens (including phenoxy) is 2. The van der Waals surface area contributed by atoms with Crippen molar-refractivity contribution in [1.29, 1.82) is 0 Å². The van der Waals surface area contributed by atoms with Crippen molar-refractivity contribution >= 4 is 11.9 Å². The van der Waals surface area contributed by atoms with E-state index < -0.39 is 12.1 Å². The van der Waals surface area contributed by atoms with Crippen molar-refractivity contribution in [2.45, 2.75) is 32.8 Å². The molecule has 0 N–H and O–H groups in total. The first-order valence-corrected chi connectivity index (χ1v) is 8.08. The molecule has 0 fully saturated rings. The molecule has 0 aromatic heterocycles. The lowest BCUT2D eigenvalue weighted by atomic mass is 10.00. The second kappa shape index (κ2) is 8.87. The van der Waals surface area contributed by atoms with Crippen LogP contribution in [0.3, 0.4) is 0 Å². The second-order valence-corrected chi connectivity index (χ2v) is 5.54. The first-order chi connectivity index (χ1) is 11.6. The van der Waals surface area contributed by atoms with Gasteiger partial charge in [-0.2, -0.15) is 0 Å². The number of carbonyl (C=O) groups excluding carboxylic acids is 2. The Hall–Kier alpha value is -2.62. The third-order valence-electron chi connectivity index (χ3n) is 3.54. The number of benzene rings is 2. The largest absolute Gasteiger partial charge is 0.466 e. The minimum Gasteiger partial charge on any atom is -0.466 e. The fraction of sp³-hybridized carbons (Fsp3) is 0.300. The van der Waals surface area contributed by atoms with Gasteiger partial charge in [0.2, 0.25) is 0 Å². The maximum atomic E-state index is 12.4. The van der Waals surface area contributed by atoms with Crippen molar-refractivity contribution in [3.05, 3.63) is 71.3 Å². The number of hydrogen-bond donors (Lipinski definition) is 0. The van der Waals surface area contributed by atoms with Crippen LogP contribution in [0.4, 0.5) is 0 Å². The van der Waals surface area contributed by atoms with Gasteiger partial charge in [0.15, 0.2) is 0 Å². The molecule has 0 saturated carbocycles. The van der Waals surface area contributed by atoms with Crippen LogP contribution in [0.25, 0.3) is 0 Å². The quantitative estimate of drug-likeness (QED) is 0.727. The van der Waals surface area contributed by atoms with Crippen molar-refractivity contribution in [2.24, 2.45) is 0 Å². The molecule has 126 valence electrons. The van der Waals surface area contributed by atoms with Gasteiger partial charge < -0.3 is 9.47 Å². The van der Waals surface area contributed by atoms with E-state index in [1.165, 1.54) is 0 Å². The van der Waals surface area contributed by atoms with Gasteiger partial charge in [-0.05, 0) is 37.5 Å². The molecule has 0 amide bonds. The summed E-state index contributed by atoms with van der Waals surface area (Å²) < 4.78 is 10.3. The van der Waals surface area contributed by atoms with E-state index >= 15 is 0 Å². The van der Waals surface area contributed by atoms with Gasteiger partial charge in [-0.15, -0.1) is 0 Å². The van der Waals surface area contributed by atoms with Gasteiger partial charge in [0.05, 0.1) is 18.6 Å². The highest BCUT2D eigenvalue weighted by Gasteiger charge is 2.18. The SMILES string of the molecule is CCOC(=O)CC(C)OC(=O)c1ccccc1Cc1ccccc1. The van der Waals surface area contributed by atoms with Gasteiger partial charge in [0.25, 0.3) is 0 Å². The van der Waals surface area contributed by atoms with Crippen molar-refractivity contribution in [1.82, 2.24) is 0 Å². The van der Waals surface area contributed by atoms with Crippen molar-refractivity contribution in [3.63, 3.8) is 0 Å². The molecule has 2 aromatic rings. The molecular weight excluding hydrogens is 304 g/mol. The summed E-state index contributed by atoms with van der Waals surface area (Å²) in [6.45, 7) is 3.75. The molecule has 2 rings (SSSR count). The predicted molar refractivity (Wildman–Crippen MR) is 91.8 cm³/mol. The van der Waals surface area contributed by atoms with Crippen LogP contribution in [0.1, 0.15) is 41.8 Å². The summed E-state index contributed by atoms with van der Waals surface area (Å²) in [5.74, 6) is -0.784. The zero-order valence-corrected chi connectivity index (χ0v) is 14.0. The lowest BCUT2D eigenvalue weighted by Gasteiger charge is -2.14. The molecule has 0 heterocycles.